The maximum atomic E-state index is 11.9. The SMILES string of the molecule is CCOCCCCCCOC(=O)Nc1ccc(Cc2ccc(NC(C)=O)cc2)cc1. The smallest absolute Gasteiger partial charge is 0.411 e. The molecule has 0 saturated heterocycles. The summed E-state index contributed by atoms with van der Waals surface area (Å²) in [5.74, 6) is -0.0816. The third kappa shape index (κ3) is 9.56. The zero-order chi connectivity index (χ0) is 21.6. The van der Waals surface area contributed by atoms with E-state index in [4.69, 9.17) is 9.47 Å². The Bertz CT molecular complexity index is 773. The lowest BCUT2D eigenvalue weighted by Crippen LogP contribution is -2.14. The van der Waals surface area contributed by atoms with Crippen LogP contribution in [0.1, 0.15) is 50.7 Å². The summed E-state index contributed by atoms with van der Waals surface area (Å²) >= 11 is 0. The number of ether oxygens (including phenoxy) is 2. The molecule has 6 heteroatoms. The Morgan fingerprint density at radius 2 is 1.30 bits per heavy atom. The number of nitrogens with one attached hydrogen (secondary N) is 2. The van der Waals surface area contributed by atoms with Gasteiger partial charge in [0.25, 0.3) is 0 Å². The first kappa shape index (κ1) is 23.4. The first-order valence-electron chi connectivity index (χ1n) is 10.5. The van der Waals surface area contributed by atoms with Gasteiger partial charge in [-0.2, -0.15) is 0 Å². The summed E-state index contributed by atoms with van der Waals surface area (Å²) in [6.45, 7) is 5.47. The predicted molar refractivity (Wildman–Crippen MR) is 120 cm³/mol. The molecule has 30 heavy (non-hydrogen) atoms. The first-order valence-corrected chi connectivity index (χ1v) is 10.5. The summed E-state index contributed by atoms with van der Waals surface area (Å²) < 4.78 is 10.5. The predicted octanol–water partition coefficient (Wildman–Crippen LogP) is 5.38. The molecule has 2 aromatic carbocycles. The minimum atomic E-state index is -0.425. The lowest BCUT2D eigenvalue weighted by molar-refractivity contribution is -0.114. The van der Waals surface area contributed by atoms with Gasteiger partial charge in [-0.25, -0.2) is 4.79 Å². The number of unbranched alkanes of at least 4 members (excludes halogenated alkanes) is 3. The van der Waals surface area contributed by atoms with E-state index < -0.39 is 6.09 Å². The normalized spacial score (nSPS) is 10.5. The van der Waals surface area contributed by atoms with E-state index in [0.717, 1.165) is 62.1 Å². The summed E-state index contributed by atoms with van der Waals surface area (Å²) in [7, 11) is 0. The molecule has 2 aromatic rings. The average Bonchev–Trinajstić information content (AvgIpc) is 2.72. The van der Waals surface area contributed by atoms with Crippen molar-refractivity contribution in [3.05, 3.63) is 59.7 Å². The Labute approximate surface area is 179 Å². The van der Waals surface area contributed by atoms with Gasteiger partial charge in [0.05, 0.1) is 6.61 Å². The van der Waals surface area contributed by atoms with Crippen molar-refractivity contribution in [1.29, 1.82) is 0 Å². The Morgan fingerprint density at radius 1 is 0.767 bits per heavy atom. The van der Waals surface area contributed by atoms with Gasteiger partial charge in [-0.1, -0.05) is 30.7 Å². The molecule has 0 aliphatic rings. The van der Waals surface area contributed by atoms with Crippen molar-refractivity contribution in [2.24, 2.45) is 0 Å². The van der Waals surface area contributed by atoms with Gasteiger partial charge in [0.15, 0.2) is 0 Å². The van der Waals surface area contributed by atoms with Crippen molar-refractivity contribution >= 4 is 23.4 Å². The highest BCUT2D eigenvalue weighted by Gasteiger charge is 2.04. The van der Waals surface area contributed by atoms with Crippen molar-refractivity contribution < 1.29 is 19.1 Å². The van der Waals surface area contributed by atoms with Crippen molar-refractivity contribution in [1.82, 2.24) is 0 Å². The van der Waals surface area contributed by atoms with E-state index in [-0.39, 0.29) is 5.91 Å². The number of rotatable bonds is 12. The molecule has 0 heterocycles. The molecule has 162 valence electrons. The van der Waals surface area contributed by atoms with E-state index in [1.54, 1.807) is 0 Å². The lowest BCUT2D eigenvalue weighted by atomic mass is 10.0. The maximum absolute atomic E-state index is 11.9. The van der Waals surface area contributed by atoms with E-state index in [1.165, 1.54) is 6.92 Å². The fraction of sp³-hybridized carbons (Fsp3) is 0.417. The molecule has 2 amide bonds. The summed E-state index contributed by atoms with van der Waals surface area (Å²) in [6.07, 6.45) is 4.37. The van der Waals surface area contributed by atoms with Crippen LogP contribution in [-0.4, -0.2) is 31.8 Å². The summed E-state index contributed by atoms with van der Waals surface area (Å²) in [4.78, 5) is 23.0. The minimum absolute atomic E-state index is 0.0816. The molecule has 0 bridgehead atoms. The number of benzene rings is 2. The van der Waals surface area contributed by atoms with Crippen molar-refractivity contribution in [2.75, 3.05) is 30.5 Å². The molecule has 0 radical (unpaired) electrons. The summed E-state index contributed by atoms with van der Waals surface area (Å²) in [5.41, 5.74) is 3.77. The fourth-order valence-electron chi connectivity index (χ4n) is 2.97. The van der Waals surface area contributed by atoms with Crippen LogP contribution in [0.2, 0.25) is 0 Å². The zero-order valence-corrected chi connectivity index (χ0v) is 17.9. The molecule has 0 aliphatic carbocycles. The Hall–Kier alpha value is -2.86. The molecule has 0 aromatic heterocycles. The van der Waals surface area contributed by atoms with Crippen molar-refractivity contribution in [2.45, 2.75) is 46.0 Å². The molecular weight excluding hydrogens is 380 g/mol. The topological polar surface area (TPSA) is 76.7 Å². The zero-order valence-electron chi connectivity index (χ0n) is 17.9. The third-order valence-corrected chi connectivity index (χ3v) is 4.50. The Balaban J connectivity index is 1.67. The first-order chi connectivity index (χ1) is 14.6. The number of hydrogen-bond donors (Lipinski definition) is 2. The number of carbonyl (C=O) groups excluding carboxylic acids is 2. The quantitative estimate of drug-likeness (QED) is 0.459. The summed E-state index contributed by atoms with van der Waals surface area (Å²) in [6, 6.07) is 15.5. The molecule has 0 unspecified atom stereocenters. The second-order valence-electron chi connectivity index (χ2n) is 7.12. The van der Waals surface area contributed by atoms with Gasteiger partial charge in [0.2, 0.25) is 5.91 Å². The molecule has 0 fully saturated rings. The monoisotopic (exact) mass is 412 g/mol. The number of anilines is 2. The fourth-order valence-corrected chi connectivity index (χ4v) is 2.97. The molecule has 0 atom stereocenters. The highest BCUT2D eigenvalue weighted by molar-refractivity contribution is 5.88. The van der Waals surface area contributed by atoms with Crippen LogP contribution in [-0.2, 0) is 20.7 Å². The number of carbonyl (C=O) groups is 2. The largest absolute Gasteiger partial charge is 0.449 e. The van der Waals surface area contributed by atoms with Gasteiger partial charge in [0, 0.05) is 31.5 Å². The molecule has 2 N–H and O–H groups in total. The van der Waals surface area contributed by atoms with Gasteiger partial charge in [-0.15, -0.1) is 0 Å². The van der Waals surface area contributed by atoms with E-state index in [9.17, 15) is 9.59 Å². The molecular formula is C24H32N2O4. The standard InChI is InChI=1S/C24H32N2O4/c1-3-29-16-6-4-5-7-17-30-24(28)26-23-14-10-21(11-15-23)18-20-8-12-22(13-9-20)25-19(2)27/h8-15H,3-7,16-18H2,1-2H3,(H,25,27)(H,26,28). The highest BCUT2D eigenvalue weighted by atomic mass is 16.5. The van der Waals surface area contributed by atoms with Crippen molar-refractivity contribution in [3.63, 3.8) is 0 Å². The number of hydrogen-bond acceptors (Lipinski definition) is 4. The van der Waals surface area contributed by atoms with Crippen LogP contribution in [0.25, 0.3) is 0 Å². The molecule has 0 saturated carbocycles. The minimum Gasteiger partial charge on any atom is -0.449 e. The number of amides is 2. The Morgan fingerprint density at radius 3 is 1.83 bits per heavy atom. The second-order valence-corrected chi connectivity index (χ2v) is 7.12. The third-order valence-electron chi connectivity index (χ3n) is 4.50. The van der Waals surface area contributed by atoms with E-state index in [2.05, 4.69) is 10.6 Å². The summed E-state index contributed by atoms with van der Waals surface area (Å²) in [5, 5.41) is 5.51. The average molecular weight is 413 g/mol. The molecule has 0 spiro atoms. The van der Waals surface area contributed by atoms with Crippen LogP contribution in [0.15, 0.2) is 48.5 Å². The van der Waals surface area contributed by atoms with Crippen LogP contribution in [0.4, 0.5) is 16.2 Å². The van der Waals surface area contributed by atoms with Crippen LogP contribution in [0, 0.1) is 0 Å². The lowest BCUT2D eigenvalue weighted by Gasteiger charge is -2.09. The van der Waals surface area contributed by atoms with Gasteiger partial charge in [-0.3, -0.25) is 10.1 Å². The molecule has 2 rings (SSSR count). The maximum Gasteiger partial charge on any atom is 0.411 e. The second kappa shape index (κ2) is 13.4. The van der Waals surface area contributed by atoms with Gasteiger partial charge < -0.3 is 14.8 Å². The van der Waals surface area contributed by atoms with Gasteiger partial charge >= 0.3 is 6.09 Å². The highest BCUT2D eigenvalue weighted by Crippen LogP contribution is 2.16. The molecule has 6 nitrogen and oxygen atoms in total. The van der Waals surface area contributed by atoms with Crippen LogP contribution in [0.5, 0.6) is 0 Å². The van der Waals surface area contributed by atoms with Crippen LogP contribution < -0.4 is 10.6 Å². The van der Waals surface area contributed by atoms with Gasteiger partial charge in [0.1, 0.15) is 0 Å². The van der Waals surface area contributed by atoms with E-state index >= 15 is 0 Å². The molecule has 0 aliphatic heterocycles. The van der Waals surface area contributed by atoms with Gasteiger partial charge in [-0.05, 0) is 68.0 Å². The Kier molecular flexibility index (Phi) is 10.4. The van der Waals surface area contributed by atoms with Crippen LogP contribution in [0.3, 0.4) is 0 Å². The van der Waals surface area contributed by atoms with Crippen LogP contribution >= 0.6 is 0 Å². The van der Waals surface area contributed by atoms with E-state index in [0.29, 0.717) is 12.3 Å². The van der Waals surface area contributed by atoms with Crippen molar-refractivity contribution in [3.8, 4) is 0 Å². The van der Waals surface area contributed by atoms with E-state index in [1.807, 2.05) is 55.5 Å².